The van der Waals surface area contributed by atoms with Crippen LogP contribution in [0.15, 0.2) is 59.4 Å². The van der Waals surface area contributed by atoms with E-state index in [1.165, 1.54) is 10.7 Å². The lowest BCUT2D eigenvalue weighted by Crippen LogP contribution is -2.27. The first-order valence-corrected chi connectivity index (χ1v) is 8.14. The van der Waals surface area contributed by atoms with Crippen LogP contribution in [0.3, 0.4) is 0 Å². The van der Waals surface area contributed by atoms with E-state index in [1.807, 2.05) is 0 Å². The Balaban J connectivity index is 2.00. The summed E-state index contributed by atoms with van der Waals surface area (Å²) in [6.07, 6.45) is 0. The van der Waals surface area contributed by atoms with E-state index in [4.69, 9.17) is 23.2 Å². The molecule has 0 aliphatic heterocycles. The van der Waals surface area contributed by atoms with Crippen LogP contribution in [-0.4, -0.2) is 15.7 Å². The summed E-state index contributed by atoms with van der Waals surface area (Å²) in [6, 6.07) is 15.0. The van der Waals surface area contributed by atoms with Gasteiger partial charge in [-0.05, 0) is 43.3 Å². The number of aryl methyl sites for hydroxylation is 1. The van der Waals surface area contributed by atoms with Gasteiger partial charge in [0.15, 0.2) is 5.69 Å². The molecule has 0 saturated carbocycles. The van der Waals surface area contributed by atoms with Crippen molar-refractivity contribution in [2.75, 3.05) is 5.32 Å². The molecule has 3 aromatic rings. The first-order chi connectivity index (χ1) is 12.0. The number of nitrogens with one attached hydrogen (secondary N) is 1. The lowest BCUT2D eigenvalue weighted by atomic mass is 10.2. The van der Waals surface area contributed by atoms with Gasteiger partial charge in [-0.3, -0.25) is 9.59 Å². The van der Waals surface area contributed by atoms with E-state index < -0.39 is 11.3 Å². The highest BCUT2D eigenvalue weighted by atomic mass is 35.5. The molecular formula is C18H13Cl2N3O2. The Bertz CT molecular complexity index is 998. The predicted octanol–water partition coefficient (Wildman–Crippen LogP) is 4.10. The minimum atomic E-state index is -0.604. The molecule has 0 saturated heterocycles. The molecule has 0 fully saturated rings. The molecule has 0 spiro atoms. The summed E-state index contributed by atoms with van der Waals surface area (Å²) < 4.78 is 1.47. The van der Waals surface area contributed by atoms with Crippen LogP contribution in [0.2, 0.25) is 10.0 Å². The summed E-state index contributed by atoms with van der Waals surface area (Å²) in [5.74, 6) is -0.604. The number of nitrogens with zero attached hydrogens (tertiary/aromatic N) is 2. The highest BCUT2D eigenvalue weighted by molar-refractivity contribution is 6.32. The molecule has 3 rings (SSSR count). The van der Waals surface area contributed by atoms with Crippen molar-refractivity contribution in [3.63, 3.8) is 0 Å². The quantitative estimate of drug-likeness (QED) is 0.751. The minimum Gasteiger partial charge on any atom is -0.320 e. The monoisotopic (exact) mass is 373 g/mol. The van der Waals surface area contributed by atoms with Gasteiger partial charge in [0, 0.05) is 22.5 Å². The molecular weight excluding hydrogens is 361 g/mol. The second-order valence-electron chi connectivity index (χ2n) is 5.32. The fourth-order valence-corrected chi connectivity index (χ4v) is 2.64. The number of halogens is 2. The van der Waals surface area contributed by atoms with Crippen LogP contribution in [0.1, 0.15) is 16.2 Å². The van der Waals surface area contributed by atoms with Gasteiger partial charge in [0.05, 0.1) is 10.7 Å². The summed E-state index contributed by atoms with van der Waals surface area (Å²) >= 11 is 12.0. The van der Waals surface area contributed by atoms with Crippen molar-refractivity contribution in [1.29, 1.82) is 0 Å². The molecule has 0 aliphatic carbocycles. The van der Waals surface area contributed by atoms with Gasteiger partial charge in [0.25, 0.3) is 5.91 Å². The minimum absolute atomic E-state index is 0.222. The standard InChI is InChI=1S/C18H13Cl2N3O2/c1-11-10-16(24)17(18(25)21-13-8-6-12(19)7-9-13)22-23(11)15-5-3-2-4-14(15)20/h2-10H,1H3,(H,21,25). The number of carbonyl (C=O) groups excluding carboxylic acids is 1. The summed E-state index contributed by atoms with van der Waals surface area (Å²) in [5, 5.41) is 7.84. The number of hydrogen-bond acceptors (Lipinski definition) is 3. The van der Waals surface area contributed by atoms with Gasteiger partial charge in [-0.15, -0.1) is 0 Å². The Hall–Kier alpha value is -2.63. The summed E-state index contributed by atoms with van der Waals surface area (Å²) in [7, 11) is 0. The van der Waals surface area contributed by atoms with Gasteiger partial charge in [0.2, 0.25) is 5.43 Å². The maximum absolute atomic E-state index is 12.4. The lowest BCUT2D eigenvalue weighted by molar-refractivity contribution is 0.101. The molecule has 5 nitrogen and oxygen atoms in total. The van der Waals surface area contributed by atoms with Crippen LogP contribution < -0.4 is 10.7 Å². The van der Waals surface area contributed by atoms with Crippen LogP contribution in [-0.2, 0) is 0 Å². The summed E-state index contributed by atoms with van der Waals surface area (Å²) in [5.41, 5.74) is 0.983. The second kappa shape index (κ2) is 7.09. The fourth-order valence-electron chi connectivity index (χ4n) is 2.30. The largest absolute Gasteiger partial charge is 0.320 e. The van der Waals surface area contributed by atoms with Crippen molar-refractivity contribution >= 4 is 34.8 Å². The molecule has 126 valence electrons. The summed E-state index contributed by atoms with van der Waals surface area (Å²) in [6.45, 7) is 1.72. The number of benzene rings is 2. The predicted molar refractivity (Wildman–Crippen MR) is 99.0 cm³/mol. The summed E-state index contributed by atoms with van der Waals surface area (Å²) in [4.78, 5) is 24.7. The SMILES string of the molecule is Cc1cc(=O)c(C(=O)Nc2ccc(Cl)cc2)nn1-c1ccccc1Cl. The molecule has 1 amide bonds. The van der Waals surface area contributed by atoms with Gasteiger partial charge in [-0.1, -0.05) is 35.3 Å². The van der Waals surface area contributed by atoms with Crippen LogP contribution in [0.25, 0.3) is 5.69 Å². The maximum Gasteiger partial charge on any atom is 0.280 e. The molecule has 0 atom stereocenters. The zero-order chi connectivity index (χ0) is 18.0. The van der Waals surface area contributed by atoms with Crippen molar-refractivity contribution in [3.05, 3.63) is 86.3 Å². The third kappa shape index (κ3) is 3.73. The third-order valence-electron chi connectivity index (χ3n) is 3.51. The molecule has 0 bridgehead atoms. The Morgan fingerprint density at radius 1 is 1.08 bits per heavy atom. The van der Waals surface area contributed by atoms with E-state index in [9.17, 15) is 9.59 Å². The van der Waals surface area contributed by atoms with E-state index in [0.29, 0.717) is 27.1 Å². The highest BCUT2D eigenvalue weighted by Crippen LogP contribution is 2.20. The number of hydrogen-bond donors (Lipinski definition) is 1. The molecule has 1 aromatic heterocycles. The van der Waals surface area contributed by atoms with Crippen molar-refractivity contribution in [1.82, 2.24) is 9.78 Å². The number of amides is 1. The van der Waals surface area contributed by atoms with E-state index in [-0.39, 0.29) is 5.69 Å². The lowest BCUT2D eigenvalue weighted by Gasteiger charge is -2.12. The van der Waals surface area contributed by atoms with Crippen LogP contribution in [0, 0.1) is 6.92 Å². The van der Waals surface area contributed by atoms with Gasteiger partial charge >= 0.3 is 0 Å². The van der Waals surface area contributed by atoms with E-state index in [1.54, 1.807) is 55.5 Å². The van der Waals surface area contributed by atoms with E-state index in [0.717, 1.165) is 0 Å². The number of rotatable bonds is 3. The van der Waals surface area contributed by atoms with Crippen molar-refractivity contribution < 1.29 is 4.79 Å². The van der Waals surface area contributed by atoms with Crippen LogP contribution in [0.5, 0.6) is 0 Å². The molecule has 1 N–H and O–H groups in total. The van der Waals surface area contributed by atoms with Gasteiger partial charge in [0.1, 0.15) is 0 Å². The Morgan fingerprint density at radius 3 is 2.44 bits per heavy atom. The van der Waals surface area contributed by atoms with Gasteiger partial charge in [-0.2, -0.15) is 5.10 Å². The average molecular weight is 374 g/mol. The highest BCUT2D eigenvalue weighted by Gasteiger charge is 2.16. The maximum atomic E-state index is 12.4. The first kappa shape index (κ1) is 17.2. The van der Waals surface area contributed by atoms with Crippen LogP contribution >= 0.6 is 23.2 Å². The number of para-hydroxylation sites is 1. The zero-order valence-corrected chi connectivity index (χ0v) is 14.7. The molecule has 7 heteroatoms. The number of carbonyl (C=O) groups is 1. The van der Waals surface area contributed by atoms with Gasteiger partial charge in [-0.25, -0.2) is 4.68 Å². The zero-order valence-electron chi connectivity index (χ0n) is 13.2. The Morgan fingerprint density at radius 2 is 1.76 bits per heavy atom. The fraction of sp³-hybridized carbons (Fsp3) is 0.0556. The van der Waals surface area contributed by atoms with Crippen molar-refractivity contribution in [2.45, 2.75) is 6.92 Å². The van der Waals surface area contributed by atoms with Crippen LogP contribution in [0.4, 0.5) is 5.69 Å². The number of anilines is 1. The molecule has 25 heavy (non-hydrogen) atoms. The van der Waals surface area contributed by atoms with Crippen molar-refractivity contribution in [2.24, 2.45) is 0 Å². The third-order valence-corrected chi connectivity index (χ3v) is 4.08. The second-order valence-corrected chi connectivity index (χ2v) is 6.17. The molecule has 2 aromatic carbocycles. The molecule has 0 unspecified atom stereocenters. The van der Waals surface area contributed by atoms with Gasteiger partial charge < -0.3 is 5.32 Å². The van der Waals surface area contributed by atoms with Crippen molar-refractivity contribution in [3.8, 4) is 5.69 Å². The van der Waals surface area contributed by atoms with E-state index in [2.05, 4.69) is 10.4 Å². The Kier molecular flexibility index (Phi) is 4.88. The smallest absolute Gasteiger partial charge is 0.280 e. The molecule has 0 radical (unpaired) electrons. The molecule has 1 heterocycles. The normalized spacial score (nSPS) is 10.5. The Labute approximate surface area is 153 Å². The number of aromatic nitrogens is 2. The first-order valence-electron chi connectivity index (χ1n) is 7.38. The molecule has 0 aliphatic rings. The topological polar surface area (TPSA) is 64.0 Å². The average Bonchev–Trinajstić information content (AvgIpc) is 2.58. The van der Waals surface area contributed by atoms with E-state index >= 15 is 0 Å².